The van der Waals surface area contributed by atoms with Gasteiger partial charge in [-0.15, -0.1) is 0 Å². The SMILES string of the molecule is CN(C)Cc1ccc(-c2cc3cccc4c3n2CCNC4=O)cc1.CN(C)Cc1ccc(-c2nc3cc(F)cc4c3n2CCNC4=O)cc1.CNCc1ccc(-c2nc3cc(F)cc4c3n2CCNC4=O)cc1.CNCc1ccc(-c2nc3cccc4c3n2CCNC4=O)cc1.O=C1NCCn2c(-c3ccc(-n4ccnc4)cc3)nc3cccc1c32. The number of rotatable bonds is 14. The number of carbonyl (C=O) groups excluding carboxylic acids is 5. The largest absolute Gasteiger partial charge is 0.350 e. The lowest BCUT2D eigenvalue weighted by atomic mass is 10.1. The summed E-state index contributed by atoms with van der Waals surface area (Å²) < 4.78 is 40.3. The zero-order valence-electron chi connectivity index (χ0n) is 67.9. The first-order valence-corrected chi connectivity index (χ1v) is 40.4. The second kappa shape index (κ2) is 34.4. The normalized spacial score (nSPS) is 13.9. The third-order valence-electron chi connectivity index (χ3n) is 22.0. The summed E-state index contributed by atoms with van der Waals surface area (Å²) in [5.74, 6) is 1.87. The van der Waals surface area contributed by atoms with Crippen LogP contribution in [0, 0.1) is 11.6 Å². The summed E-state index contributed by atoms with van der Waals surface area (Å²) in [5, 5.41) is 21.9. The Labute approximate surface area is 696 Å². The third-order valence-corrected chi connectivity index (χ3v) is 22.0. The number of aromatic nitrogens is 11. The molecule has 6 aromatic heterocycles. The average Bonchev–Trinajstić information content (AvgIpc) is 1.63. The van der Waals surface area contributed by atoms with Crippen LogP contribution in [0.25, 0.3) is 118 Å². The summed E-state index contributed by atoms with van der Waals surface area (Å²) in [6, 6.07) is 66.5. The fourth-order valence-electron chi connectivity index (χ4n) is 16.6. The molecule has 5 aliphatic rings. The summed E-state index contributed by atoms with van der Waals surface area (Å²) in [6.07, 6.45) is 5.45. The third kappa shape index (κ3) is 16.3. The van der Waals surface area contributed by atoms with Crippen LogP contribution in [0.4, 0.5) is 8.78 Å². The van der Waals surface area contributed by atoms with Crippen LogP contribution < -0.4 is 37.2 Å². The van der Waals surface area contributed by atoms with E-state index in [1.54, 1.807) is 12.5 Å². The predicted octanol–water partition coefficient (Wildman–Crippen LogP) is 12.9. The quantitative estimate of drug-likeness (QED) is 0.0534. The Hall–Kier alpha value is -14.1. The van der Waals surface area contributed by atoms with E-state index in [-0.39, 0.29) is 29.5 Å². The van der Waals surface area contributed by atoms with Crippen molar-refractivity contribution in [2.75, 3.05) is 75.0 Å². The van der Waals surface area contributed by atoms with Crippen LogP contribution in [0.5, 0.6) is 0 Å². The number of hydrogen-bond acceptors (Lipinski definition) is 14. The standard InChI is InChI=1S/C20H21N3O.C19H19FN4O.C19H15N5O.C18H17FN4O.C18H18N4O/c1-22(2)13-14-6-8-15(9-7-14)18-12-16-4-3-5-17-19(16)23(18)11-10-21-20(17)24;1-23(2)11-12-3-5-13(6-4-12)18-22-16-10-14(20)9-15-17(16)24(18)8-7-21-19(15)25;25-19-15-2-1-3-16-17(15)24(11-9-21-19)18(22-16)13-4-6-14(7-5-13)23-10-8-20-12-23;1-20-10-11-2-4-12(5-3-11)17-22-15-9-13(19)8-14-16(15)23(17)7-6-21-18(14)24;1-19-11-12-5-7-13(8-6-12)17-21-15-4-2-3-14-16(15)22(17)10-9-20-18(14)23/h3-9,12H,10-11,13H2,1-2H3,(H,21,24);3-6,9-10H,7-8,11H2,1-2H3,(H,21,25);1-8,10,12H,9,11H2,(H,21,25);2-5,8-9,20H,6-7,10H2,1H3,(H,21,24);2-8,19H,9-11H2,1H3,(H,20,23). The average molecular weight is 1620 g/mol. The summed E-state index contributed by atoms with van der Waals surface area (Å²) in [4.78, 5) is 88.2. The predicted molar refractivity (Wildman–Crippen MR) is 467 cm³/mol. The molecule has 0 saturated carbocycles. The van der Waals surface area contributed by atoms with E-state index in [0.717, 1.165) is 129 Å². The van der Waals surface area contributed by atoms with Crippen molar-refractivity contribution in [1.29, 1.82) is 0 Å². The van der Waals surface area contributed by atoms with Gasteiger partial charge in [-0.05, 0) is 143 Å². The molecule has 27 heteroatoms. The maximum atomic E-state index is 13.9. The lowest BCUT2D eigenvalue weighted by molar-refractivity contribution is 0.0948. The van der Waals surface area contributed by atoms with Crippen LogP contribution in [0.1, 0.15) is 74.0 Å². The number of halogens is 2. The molecule has 21 rings (SSSR count). The molecule has 0 aliphatic carbocycles. The highest BCUT2D eigenvalue weighted by atomic mass is 19.1. The highest BCUT2D eigenvalue weighted by molar-refractivity contribution is 6.10. The Morgan fingerprint density at radius 3 is 1.08 bits per heavy atom. The number of hydrogen-bond donors (Lipinski definition) is 7. The van der Waals surface area contributed by atoms with E-state index < -0.39 is 11.6 Å². The van der Waals surface area contributed by atoms with E-state index >= 15 is 0 Å². The number of benzene rings is 10. The van der Waals surface area contributed by atoms with Crippen LogP contribution >= 0.6 is 0 Å². The van der Waals surface area contributed by atoms with Gasteiger partial charge in [0.2, 0.25) is 0 Å². The van der Waals surface area contributed by atoms with Gasteiger partial charge in [-0.2, -0.15) is 0 Å². The molecule has 0 spiro atoms. The first-order valence-electron chi connectivity index (χ1n) is 40.4. The molecule has 5 aliphatic heterocycles. The van der Waals surface area contributed by atoms with Crippen molar-refractivity contribution in [2.24, 2.45) is 0 Å². The molecule has 5 amide bonds. The minimum Gasteiger partial charge on any atom is -0.350 e. The van der Waals surface area contributed by atoms with Gasteiger partial charge in [-0.25, -0.2) is 33.7 Å². The van der Waals surface area contributed by atoms with Gasteiger partial charge in [-0.3, -0.25) is 24.0 Å². The molecule has 0 unspecified atom stereocenters. The van der Waals surface area contributed by atoms with Gasteiger partial charge in [-0.1, -0.05) is 121 Å². The number of nitrogens with zero attached hydrogens (tertiary/aromatic N) is 13. The second-order valence-electron chi connectivity index (χ2n) is 30.9. The molecule has 0 bridgehead atoms. The van der Waals surface area contributed by atoms with Crippen LogP contribution in [0.15, 0.2) is 225 Å². The van der Waals surface area contributed by atoms with E-state index in [2.05, 4.69) is 175 Å². The summed E-state index contributed by atoms with van der Waals surface area (Å²) in [7, 11) is 12.1. The molecule has 7 N–H and O–H groups in total. The van der Waals surface area contributed by atoms with Gasteiger partial charge in [0.05, 0.1) is 83.8 Å². The molecular weight excluding hydrogens is 1530 g/mol. The van der Waals surface area contributed by atoms with Crippen LogP contribution in [-0.2, 0) is 58.9 Å². The fraction of sp³-hybridized carbons (Fsp3) is 0.213. The number of imidazole rings is 5. The second-order valence-corrected chi connectivity index (χ2v) is 30.9. The van der Waals surface area contributed by atoms with E-state index in [1.807, 2.05) is 145 Å². The van der Waals surface area contributed by atoms with Gasteiger partial charge in [0.25, 0.3) is 29.5 Å². The van der Waals surface area contributed by atoms with E-state index in [9.17, 15) is 32.8 Å². The molecular formula is C94H90F2N20O5. The van der Waals surface area contributed by atoms with Crippen molar-refractivity contribution in [3.63, 3.8) is 0 Å². The molecule has 0 atom stereocenters. The number of para-hydroxylation sites is 3. The highest BCUT2D eigenvalue weighted by Crippen LogP contribution is 2.37. The van der Waals surface area contributed by atoms with Crippen molar-refractivity contribution in [2.45, 2.75) is 58.9 Å². The van der Waals surface area contributed by atoms with Crippen molar-refractivity contribution in [3.8, 4) is 62.5 Å². The zero-order valence-corrected chi connectivity index (χ0v) is 67.9. The van der Waals surface area contributed by atoms with Gasteiger partial charge < -0.3 is 74.4 Å². The maximum absolute atomic E-state index is 13.9. The minimum absolute atomic E-state index is 0.0188. The smallest absolute Gasteiger partial charge is 0.253 e. The van der Waals surface area contributed by atoms with E-state index in [1.165, 1.54) is 57.8 Å². The Morgan fingerprint density at radius 1 is 0.364 bits per heavy atom. The summed E-state index contributed by atoms with van der Waals surface area (Å²) in [5.41, 5.74) is 22.2. The van der Waals surface area contributed by atoms with E-state index in [4.69, 9.17) is 9.97 Å². The Balaban J connectivity index is 0.000000108. The lowest BCUT2D eigenvalue weighted by Gasteiger charge is -2.12. The van der Waals surface area contributed by atoms with Crippen LogP contribution in [-0.4, -0.2) is 167 Å². The van der Waals surface area contributed by atoms with Gasteiger partial charge in [0, 0.05) is 155 Å². The van der Waals surface area contributed by atoms with E-state index in [0.29, 0.717) is 96.7 Å². The van der Waals surface area contributed by atoms with Gasteiger partial charge >= 0.3 is 0 Å². The number of nitrogens with one attached hydrogen (secondary N) is 7. The Kier molecular flexibility index (Phi) is 22.6. The molecule has 610 valence electrons. The topological polar surface area (TPSA) is 270 Å². The number of amides is 5. The molecule has 16 aromatic rings. The van der Waals surface area contributed by atoms with Crippen molar-refractivity contribution < 1.29 is 32.8 Å². The van der Waals surface area contributed by atoms with Crippen LogP contribution in [0.3, 0.4) is 0 Å². The summed E-state index contributed by atoms with van der Waals surface area (Å²) >= 11 is 0. The molecule has 0 radical (unpaired) electrons. The zero-order chi connectivity index (χ0) is 83.5. The molecule has 0 fully saturated rings. The highest BCUT2D eigenvalue weighted by Gasteiger charge is 2.29. The Morgan fingerprint density at radius 2 is 0.702 bits per heavy atom. The van der Waals surface area contributed by atoms with Gasteiger partial charge in [0.15, 0.2) is 0 Å². The monoisotopic (exact) mass is 1620 g/mol. The van der Waals surface area contributed by atoms with Gasteiger partial charge in [0.1, 0.15) is 34.9 Å². The van der Waals surface area contributed by atoms with Crippen molar-refractivity contribution in [3.05, 3.63) is 287 Å². The van der Waals surface area contributed by atoms with Crippen molar-refractivity contribution >= 4 is 84.6 Å². The molecule has 121 heavy (non-hydrogen) atoms. The summed E-state index contributed by atoms with van der Waals surface area (Å²) in [6.45, 7) is 9.74. The van der Waals surface area contributed by atoms with Crippen molar-refractivity contribution in [1.82, 2.24) is 99.3 Å². The molecule has 25 nitrogen and oxygen atoms in total. The number of carbonyl (C=O) groups is 5. The fourth-order valence-corrected chi connectivity index (χ4v) is 16.6. The Bertz CT molecular complexity index is 6600. The molecule has 11 heterocycles. The first-order chi connectivity index (χ1) is 58.9. The first kappa shape index (κ1) is 79.4. The van der Waals surface area contributed by atoms with Crippen LogP contribution in [0.2, 0.25) is 0 Å². The lowest BCUT2D eigenvalue weighted by Crippen LogP contribution is -2.24. The maximum Gasteiger partial charge on any atom is 0.253 e. The molecule has 0 saturated heterocycles. The molecule has 10 aromatic carbocycles. The minimum atomic E-state index is -0.449.